The average Bonchev–Trinajstić information content (AvgIpc) is 1.90. The van der Waals surface area contributed by atoms with Gasteiger partial charge < -0.3 is 0 Å². The summed E-state index contributed by atoms with van der Waals surface area (Å²) in [4.78, 5) is 8.35. The highest BCUT2D eigenvalue weighted by Crippen LogP contribution is 2.02. The first-order chi connectivity index (χ1) is 5.22. The van der Waals surface area contributed by atoms with Gasteiger partial charge in [-0.05, 0) is 5.92 Å². The van der Waals surface area contributed by atoms with E-state index in [9.17, 15) is 0 Å². The Kier molecular flexibility index (Phi) is 7.49. The largest absolute Gasteiger partial charge is 0.231 e. The maximum atomic E-state index is 8.35. The highest BCUT2D eigenvalue weighted by Gasteiger charge is 1.88. The molecule has 0 atom stereocenters. The van der Waals surface area contributed by atoms with Crippen molar-refractivity contribution in [2.75, 3.05) is 0 Å². The van der Waals surface area contributed by atoms with Crippen molar-refractivity contribution in [1.82, 2.24) is 0 Å². The fourth-order valence-electron chi connectivity index (χ4n) is 0.144. The third kappa shape index (κ3) is 18.7. The van der Waals surface area contributed by atoms with E-state index in [4.69, 9.17) is 12.9 Å². The molecule has 0 aromatic heterocycles. The first-order valence-electron chi connectivity index (χ1n) is 4.26. The number of rotatable bonds is 2. The van der Waals surface area contributed by atoms with E-state index < -0.39 is 0 Å². The minimum Gasteiger partial charge on any atom is -0.222 e. The Morgan fingerprint density at radius 2 is 2.00 bits per heavy atom. The van der Waals surface area contributed by atoms with Crippen molar-refractivity contribution >= 4 is 6.08 Å². The van der Waals surface area contributed by atoms with Crippen molar-refractivity contribution < 1.29 is 7.54 Å². The molecule has 9 heavy (non-hydrogen) atoms. The van der Waals surface area contributed by atoms with Gasteiger partial charge in [-0.2, -0.15) is 0 Å². The Hall–Kier alpha value is -0.620. The maximum absolute atomic E-state index is 8.35. The van der Waals surface area contributed by atoms with Gasteiger partial charge >= 0.3 is 0 Å². The zero-order chi connectivity index (χ0) is 9.11. The Morgan fingerprint density at radius 1 is 1.67 bits per heavy atom. The van der Waals surface area contributed by atoms with Gasteiger partial charge in [-0.15, -0.1) is 0 Å². The van der Waals surface area contributed by atoms with E-state index in [1.54, 1.807) is 0 Å². The summed E-state index contributed by atoms with van der Waals surface area (Å²) in [5.74, 6) is 0.588. The Balaban J connectivity index is 0. The lowest BCUT2D eigenvalue weighted by Crippen LogP contribution is -1.85. The fourth-order valence-corrected chi connectivity index (χ4v) is 0.144. The van der Waals surface area contributed by atoms with Crippen LogP contribution in [0.1, 0.15) is 36.3 Å². The highest BCUT2D eigenvalue weighted by molar-refractivity contribution is 5.26. The number of nitrogens with one attached hydrogen (secondary N) is 1. The summed E-state index contributed by atoms with van der Waals surface area (Å²) in [6.07, 6.45) is 2.66. The molecule has 0 aliphatic carbocycles. The molecule has 0 radical (unpaired) electrons. The third-order valence-corrected chi connectivity index (χ3v) is 0.986. The molecule has 0 fully saturated rings. The molecule has 0 saturated heterocycles. The second-order valence-electron chi connectivity index (χ2n) is 1.78. The van der Waals surface area contributed by atoms with Crippen LogP contribution >= 0.6 is 0 Å². The van der Waals surface area contributed by atoms with Gasteiger partial charge in [-0.3, -0.25) is 0 Å². The predicted octanol–water partition coefficient (Wildman–Crippen LogP) is 2.34. The third-order valence-electron chi connectivity index (χ3n) is 0.986. The van der Waals surface area contributed by atoms with Gasteiger partial charge in [-0.25, -0.2) is 10.2 Å². The van der Waals surface area contributed by atoms with Crippen molar-refractivity contribution in [2.45, 2.75) is 33.6 Å². The number of carbonyl (C=O) groups excluding carboxylic acids is 1. The van der Waals surface area contributed by atoms with Crippen molar-refractivity contribution in [1.29, 1.82) is 5.41 Å². The Labute approximate surface area is 59.6 Å². The lowest BCUT2D eigenvalue weighted by atomic mass is 10.1. The predicted molar refractivity (Wildman–Crippen MR) is 38.2 cm³/mol. The molecule has 0 aromatic carbocycles. The van der Waals surface area contributed by atoms with Crippen LogP contribution in [0.4, 0.5) is 0 Å². The van der Waals surface area contributed by atoms with E-state index in [0.717, 1.165) is 18.9 Å². The molecule has 2 heteroatoms. The summed E-state index contributed by atoms with van der Waals surface area (Å²) in [5.41, 5.74) is 0. The van der Waals surface area contributed by atoms with Gasteiger partial charge in [0.15, 0.2) is 0 Å². The molecule has 0 aromatic rings. The number of hydrogen-bond donors (Lipinski definition) is 1. The zero-order valence-electron chi connectivity index (χ0n) is 7.81. The van der Waals surface area contributed by atoms with E-state index in [0.29, 0.717) is 19.7 Å². The molecule has 0 heterocycles. The molecule has 0 aliphatic heterocycles. The molecule has 1 N–H and O–H groups in total. The first-order valence-corrected chi connectivity index (χ1v) is 2.85. The highest BCUT2D eigenvalue weighted by atomic mass is 16.1. The van der Waals surface area contributed by atoms with Crippen molar-refractivity contribution in [2.24, 2.45) is 5.92 Å². The summed E-state index contributed by atoms with van der Waals surface area (Å²) in [6, 6.07) is 0. The Morgan fingerprint density at radius 3 is 2.22 bits per heavy atom. The lowest BCUT2D eigenvalue weighted by molar-refractivity contribution is 0.544. The van der Waals surface area contributed by atoms with E-state index in [1.165, 1.54) is 0 Å². The molecular formula is C7H15NO. The Bertz CT molecular complexity index is 96.6. The van der Waals surface area contributed by atoms with Gasteiger partial charge in [0.25, 0.3) is 0 Å². The fraction of sp³-hybridized carbons (Fsp3) is 0.857. The summed E-state index contributed by atoms with van der Waals surface area (Å²) in [6.45, 7) is 3.13. The minimum atomic E-state index is 0.515. The molecule has 0 saturated carbocycles. The monoisotopic (exact) mass is 131 g/mol. The van der Waals surface area contributed by atoms with E-state index in [-0.39, 0.29) is 0 Å². The second kappa shape index (κ2) is 10.4. The van der Waals surface area contributed by atoms with Gasteiger partial charge in [-0.1, -0.05) is 33.6 Å². The van der Waals surface area contributed by atoms with Crippen LogP contribution < -0.4 is 0 Å². The first kappa shape index (κ1) is 6.50. The summed E-state index contributed by atoms with van der Waals surface area (Å²) < 4.78 is 13.7. The van der Waals surface area contributed by atoms with Crippen LogP contribution in [0.5, 0.6) is 0 Å². The van der Waals surface area contributed by atoms with Crippen LogP contribution in [0.2, 0.25) is 0 Å². The number of hydrogen-bond acceptors (Lipinski definition) is 2. The molecule has 0 amide bonds. The molecule has 2 nitrogen and oxygen atoms in total. The zero-order valence-corrected chi connectivity index (χ0v) is 5.81. The summed E-state index contributed by atoms with van der Waals surface area (Å²) in [5, 5.41) is 5.40. The lowest BCUT2D eigenvalue weighted by Gasteiger charge is -1.98. The van der Waals surface area contributed by atoms with Crippen molar-refractivity contribution in [3.05, 3.63) is 0 Å². The maximum Gasteiger partial charge on any atom is 0.231 e. The molecule has 0 bridgehead atoms. The van der Waals surface area contributed by atoms with Crippen molar-refractivity contribution in [3.63, 3.8) is 0 Å². The number of isocyanates is 1. The van der Waals surface area contributed by atoms with Gasteiger partial charge in [0.05, 0.1) is 0 Å². The molecule has 0 unspecified atom stereocenters. The minimum absolute atomic E-state index is 0.515. The quantitative estimate of drug-likeness (QED) is 0.453. The topological polar surface area (TPSA) is 40.9 Å². The van der Waals surface area contributed by atoms with Crippen LogP contribution in [0.3, 0.4) is 0 Å². The van der Waals surface area contributed by atoms with Crippen LogP contribution in [0.25, 0.3) is 0 Å². The van der Waals surface area contributed by atoms with E-state index in [2.05, 4.69) is 6.92 Å². The van der Waals surface area contributed by atoms with Gasteiger partial charge in [0, 0.05) is 2.74 Å². The van der Waals surface area contributed by atoms with Gasteiger partial charge in [0.1, 0.15) is 0 Å². The molecule has 0 rings (SSSR count). The smallest absolute Gasteiger partial charge is 0.222 e. The molecular weight excluding hydrogens is 114 g/mol. The molecule has 0 aliphatic rings. The second-order valence-corrected chi connectivity index (χ2v) is 1.78. The van der Waals surface area contributed by atoms with E-state index in [1.807, 2.05) is 0 Å². The SMILES string of the molecule is N=C=O.[2H]CCC(C)CC[2H]. The van der Waals surface area contributed by atoms with Crippen LogP contribution in [0.15, 0.2) is 0 Å². The standard InChI is InChI=1S/C6H14.CHNO/c1-4-6(3)5-2;2-1-3/h6H,4-5H2,1-3H3;2H/i1D,2D;. The summed E-state index contributed by atoms with van der Waals surface area (Å²) >= 11 is 0. The average molecular weight is 131 g/mol. The normalized spacial score (nSPS) is 10.4. The van der Waals surface area contributed by atoms with E-state index >= 15 is 0 Å². The summed E-state index contributed by atoms with van der Waals surface area (Å²) in [7, 11) is 0. The van der Waals surface area contributed by atoms with Crippen molar-refractivity contribution in [3.8, 4) is 0 Å². The van der Waals surface area contributed by atoms with Crippen LogP contribution in [0, 0.1) is 11.3 Å². The van der Waals surface area contributed by atoms with Crippen LogP contribution in [-0.4, -0.2) is 6.08 Å². The van der Waals surface area contributed by atoms with Gasteiger partial charge in [0.2, 0.25) is 6.08 Å². The molecule has 0 spiro atoms. The molecule has 54 valence electrons. The van der Waals surface area contributed by atoms with Crippen LogP contribution in [-0.2, 0) is 4.79 Å².